The maximum absolute atomic E-state index is 12.7. The molecule has 0 atom stereocenters. The van der Waals surface area contributed by atoms with Crippen LogP contribution in [0.4, 0.5) is 4.79 Å². The van der Waals surface area contributed by atoms with Gasteiger partial charge in [0.15, 0.2) is 5.78 Å². The van der Waals surface area contributed by atoms with E-state index in [1.165, 1.54) is 4.57 Å². The minimum absolute atomic E-state index is 0.0480. The molecule has 1 aliphatic rings. The van der Waals surface area contributed by atoms with Gasteiger partial charge < -0.3 is 4.74 Å². The molecule has 4 nitrogen and oxygen atoms in total. The molecule has 0 aliphatic heterocycles. The van der Waals surface area contributed by atoms with Gasteiger partial charge in [-0.3, -0.25) is 4.79 Å². The van der Waals surface area contributed by atoms with Crippen molar-refractivity contribution >= 4 is 40.5 Å². The van der Waals surface area contributed by atoms with E-state index >= 15 is 0 Å². The molecular weight excluding hydrogens is 314 g/mol. The van der Waals surface area contributed by atoms with E-state index in [1.54, 1.807) is 39.0 Å². The number of ketones is 1. The molecule has 23 heavy (non-hydrogen) atoms. The first kappa shape index (κ1) is 15.8. The average Bonchev–Trinajstić information content (AvgIpc) is 2.95. The number of hydrogen-bond donors (Lipinski definition) is 0. The summed E-state index contributed by atoms with van der Waals surface area (Å²) < 4.78 is 6.86. The number of hydrogen-bond acceptors (Lipinski definition) is 3. The maximum atomic E-state index is 12.7. The second-order valence-corrected chi connectivity index (χ2v) is 7.03. The molecule has 1 aromatic heterocycles. The van der Waals surface area contributed by atoms with Gasteiger partial charge in [-0.1, -0.05) is 24.3 Å². The summed E-state index contributed by atoms with van der Waals surface area (Å²) in [6.07, 6.45) is 2.11. The van der Waals surface area contributed by atoms with Gasteiger partial charge in [0.2, 0.25) is 0 Å². The van der Waals surface area contributed by atoms with Gasteiger partial charge in [0.1, 0.15) is 5.60 Å². The fraction of sp³-hybridized carbons (Fsp3) is 0.333. The number of rotatable bonds is 1. The standard InChI is InChI=1S/C18H18ClNO3/c1-5-10-12(19)7-8-13-15(10)11-6-9-14(21)16(11)20(13)17(22)23-18(2,3)4/h5,7-8H,1,6,9H2,2-4H3. The van der Waals surface area contributed by atoms with Crippen molar-refractivity contribution in [2.75, 3.05) is 0 Å². The van der Waals surface area contributed by atoms with Gasteiger partial charge in [0, 0.05) is 22.4 Å². The molecule has 0 unspecified atom stereocenters. The van der Waals surface area contributed by atoms with Gasteiger partial charge >= 0.3 is 6.09 Å². The average molecular weight is 332 g/mol. The van der Waals surface area contributed by atoms with Crippen LogP contribution in [0.5, 0.6) is 0 Å². The Hall–Kier alpha value is -2.07. The lowest BCUT2D eigenvalue weighted by molar-refractivity contribution is 0.0536. The van der Waals surface area contributed by atoms with Gasteiger partial charge in [-0.2, -0.15) is 0 Å². The van der Waals surface area contributed by atoms with Crippen LogP contribution < -0.4 is 0 Å². The summed E-state index contributed by atoms with van der Waals surface area (Å²) >= 11 is 6.26. The number of carbonyl (C=O) groups excluding carboxylic acids is 2. The van der Waals surface area contributed by atoms with Crippen molar-refractivity contribution in [3.63, 3.8) is 0 Å². The molecule has 2 aromatic rings. The molecule has 1 aromatic carbocycles. The molecule has 0 saturated heterocycles. The monoisotopic (exact) mass is 331 g/mol. The summed E-state index contributed by atoms with van der Waals surface area (Å²) in [5, 5.41) is 1.37. The van der Waals surface area contributed by atoms with Crippen LogP contribution in [0.3, 0.4) is 0 Å². The predicted octanol–water partition coefficient (Wildman–Crippen LogP) is 4.85. The van der Waals surface area contributed by atoms with Crippen molar-refractivity contribution < 1.29 is 14.3 Å². The highest BCUT2D eigenvalue weighted by Crippen LogP contribution is 2.38. The van der Waals surface area contributed by atoms with Crippen molar-refractivity contribution in [2.45, 2.75) is 39.2 Å². The summed E-state index contributed by atoms with van der Waals surface area (Å²) in [5.74, 6) is -0.0480. The zero-order chi connectivity index (χ0) is 16.9. The number of aromatic nitrogens is 1. The van der Waals surface area contributed by atoms with Crippen LogP contribution in [0.1, 0.15) is 48.8 Å². The van der Waals surface area contributed by atoms with Gasteiger partial charge in [0.25, 0.3) is 0 Å². The zero-order valence-electron chi connectivity index (χ0n) is 13.4. The summed E-state index contributed by atoms with van der Waals surface area (Å²) in [6.45, 7) is 9.19. The molecule has 0 fully saturated rings. The number of nitrogens with zero attached hydrogens (tertiary/aromatic N) is 1. The Balaban J connectivity index is 2.34. The second-order valence-electron chi connectivity index (χ2n) is 6.63. The third-order valence-electron chi connectivity index (χ3n) is 3.87. The van der Waals surface area contributed by atoms with Crippen molar-refractivity contribution in [2.24, 2.45) is 0 Å². The third kappa shape index (κ3) is 2.47. The number of benzene rings is 1. The van der Waals surface area contributed by atoms with Gasteiger partial charge in [-0.15, -0.1) is 0 Å². The predicted molar refractivity (Wildman–Crippen MR) is 91.3 cm³/mol. The number of carbonyl (C=O) groups is 2. The van der Waals surface area contributed by atoms with Crippen molar-refractivity contribution in [1.82, 2.24) is 4.57 Å². The molecule has 120 valence electrons. The normalized spacial score (nSPS) is 14.2. The third-order valence-corrected chi connectivity index (χ3v) is 4.20. The minimum atomic E-state index is -0.643. The number of aryl methyl sites for hydroxylation is 1. The van der Waals surface area contributed by atoms with E-state index in [0.29, 0.717) is 29.1 Å². The lowest BCUT2D eigenvalue weighted by atomic mass is 10.0. The lowest BCUT2D eigenvalue weighted by Gasteiger charge is -2.20. The summed E-state index contributed by atoms with van der Waals surface area (Å²) in [6, 6.07) is 3.46. The van der Waals surface area contributed by atoms with E-state index in [4.69, 9.17) is 16.3 Å². The van der Waals surface area contributed by atoms with Gasteiger partial charge in [-0.25, -0.2) is 9.36 Å². The smallest absolute Gasteiger partial charge is 0.419 e. The van der Waals surface area contributed by atoms with Crippen LogP contribution in [0.2, 0.25) is 5.02 Å². The molecular formula is C18H18ClNO3. The minimum Gasteiger partial charge on any atom is -0.443 e. The van der Waals surface area contributed by atoms with E-state index < -0.39 is 11.7 Å². The largest absolute Gasteiger partial charge is 0.443 e. The van der Waals surface area contributed by atoms with Crippen molar-refractivity contribution in [1.29, 1.82) is 0 Å². The van der Waals surface area contributed by atoms with Crippen LogP contribution in [0, 0.1) is 0 Å². The second kappa shape index (κ2) is 5.24. The highest BCUT2D eigenvalue weighted by molar-refractivity contribution is 6.33. The van der Waals surface area contributed by atoms with Crippen LogP contribution in [0.25, 0.3) is 17.0 Å². The summed E-state index contributed by atoms with van der Waals surface area (Å²) in [5.41, 5.74) is 2.01. The fourth-order valence-corrected chi connectivity index (χ4v) is 3.28. The van der Waals surface area contributed by atoms with E-state index in [1.807, 2.05) is 0 Å². The van der Waals surface area contributed by atoms with Gasteiger partial charge in [-0.05, 0) is 44.9 Å². The number of Topliss-reactive ketones (excluding diaryl/α,β-unsaturated/α-hetero) is 1. The first-order valence-corrected chi connectivity index (χ1v) is 7.87. The molecule has 5 heteroatoms. The maximum Gasteiger partial charge on any atom is 0.419 e. The Morgan fingerprint density at radius 2 is 2.04 bits per heavy atom. The Bertz CT molecular complexity index is 855. The van der Waals surface area contributed by atoms with Crippen molar-refractivity contribution in [3.8, 4) is 0 Å². The van der Waals surface area contributed by atoms with Crippen molar-refractivity contribution in [3.05, 3.63) is 40.6 Å². The molecule has 1 aliphatic carbocycles. The molecule has 3 rings (SSSR count). The Morgan fingerprint density at radius 3 is 2.65 bits per heavy atom. The van der Waals surface area contributed by atoms with E-state index in [-0.39, 0.29) is 5.78 Å². The van der Waals surface area contributed by atoms with Crippen LogP contribution >= 0.6 is 11.6 Å². The first-order valence-electron chi connectivity index (χ1n) is 7.49. The Morgan fingerprint density at radius 1 is 1.35 bits per heavy atom. The Labute approximate surface area is 139 Å². The van der Waals surface area contributed by atoms with Crippen LogP contribution in [-0.2, 0) is 11.2 Å². The molecule has 0 amide bonds. The summed E-state index contributed by atoms with van der Waals surface area (Å²) in [4.78, 5) is 25.0. The van der Waals surface area contributed by atoms with E-state index in [9.17, 15) is 9.59 Å². The summed E-state index contributed by atoms with van der Waals surface area (Å²) in [7, 11) is 0. The number of fused-ring (bicyclic) bond motifs is 3. The molecule has 0 bridgehead atoms. The molecule has 0 radical (unpaired) electrons. The molecule has 1 heterocycles. The quantitative estimate of drug-likeness (QED) is 0.750. The van der Waals surface area contributed by atoms with Gasteiger partial charge in [0.05, 0.1) is 11.2 Å². The fourth-order valence-electron chi connectivity index (χ4n) is 3.05. The first-order chi connectivity index (χ1) is 10.7. The highest BCUT2D eigenvalue weighted by atomic mass is 35.5. The lowest BCUT2D eigenvalue weighted by Crippen LogP contribution is -2.28. The van der Waals surface area contributed by atoms with E-state index in [0.717, 1.165) is 16.5 Å². The molecule has 0 saturated carbocycles. The molecule has 0 spiro atoms. The van der Waals surface area contributed by atoms with E-state index in [2.05, 4.69) is 6.58 Å². The topological polar surface area (TPSA) is 48.3 Å². The Kier molecular flexibility index (Phi) is 3.60. The number of halogens is 1. The number of ether oxygens (including phenoxy) is 1. The zero-order valence-corrected chi connectivity index (χ0v) is 14.2. The van der Waals surface area contributed by atoms with Crippen LogP contribution in [0.15, 0.2) is 18.7 Å². The van der Waals surface area contributed by atoms with Crippen LogP contribution in [-0.4, -0.2) is 22.0 Å². The molecule has 0 N–H and O–H groups in total. The highest BCUT2D eigenvalue weighted by Gasteiger charge is 2.33. The SMILES string of the molecule is C=Cc1c(Cl)ccc2c1c1c(n2C(=O)OC(C)(C)C)C(=O)CC1.